The molecular weight excluding hydrogens is 316 g/mol. The smallest absolute Gasteiger partial charge is 0.230 e. The van der Waals surface area contributed by atoms with Crippen molar-refractivity contribution in [2.24, 2.45) is 0 Å². The number of nitrogens with zero attached hydrogens (tertiary/aromatic N) is 3. The highest BCUT2D eigenvalue weighted by atomic mass is 16.3. The first kappa shape index (κ1) is 18.6. The zero-order valence-corrected chi connectivity index (χ0v) is 14.7. The van der Waals surface area contributed by atoms with Crippen molar-refractivity contribution in [3.8, 4) is 17.3 Å². The minimum atomic E-state index is -0.735. The molecule has 130 valence electrons. The van der Waals surface area contributed by atoms with E-state index in [2.05, 4.69) is 15.3 Å². The van der Waals surface area contributed by atoms with Gasteiger partial charge in [-0.2, -0.15) is 5.26 Å². The molecule has 25 heavy (non-hydrogen) atoms. The molecule has 0 spiro atoms. The van der Waals surface area contributed by atoms with Crippen LogP contribution in [-0.2, 0) is 10.2 Å². The van der Waals surface area contributed by atoms with Crippen LogP contribution < -0.4 is 5.32 Å². The van der Waals surface area contributed by atoms with Crippen LogP contribution in [0.15, 0.2) is 36.7 Å². The molecule has 0 aliphatic carbocycles. The Labute approximate surface area is 147 Å². The highest BCUT2D eigenvalue weighted by Crippen LogP contribution is 2.26. The van der Waals surface area contributed by atoms with Crippen LogP contribution in [0.5, 0.6) is 0 Å². The summed E-state index contributed by atoms with van der Waals surface area (Å²) in [6.07, 6.45) is 3.68. The summed E-state index contributed by atoms with van der Waals surface area (Å²) >= 11 is 0. The third-order valence-corrected chi connectivity index (χ3v) is 4.27. The zero-order valence-electron chi connectivity index (χ0n) is 14.7. The van der Waals surface area contributed by atoms with Crippen molar-refractivity contribution in [1.29, 1.82) is 5.26 Å². The summed E-state index contributed by atoms with van der Waals surface area (Å²) in [7, 11) is 0. The lowest BCUT2D eigenvalue weighted by atomic mass is 9.83. The zero-order chi connectivity index (χ0) is 18.4. The molecule has 6 heteroatoms. The summed E-state index contributed by atoms with van der Waals surface area (Å²) in [4.78, 5) is 20.8. The fourth-order valence-electron chi connectivity index (χ4n) is 2.39. The van der Waals surface area contributed by atoms with Crippen LogP contribution in [0.25, 0.3) is 11.3 Å². The molecule has 1 aromatic heterocycles. The molecule has 1 atom stereocenters. The van der Waals surface area contributed by atoms with Crippen molar-refractivity contribution in [2.45, 2.75) is 38.6 Å². The van der Waals surface area contributed by atoms with Gasteiger partial charge in [0.25, 0.3) is 0 Å². The Bertz CT molecular complexity index is 775. The van der Waals surface area contributed by atoms with Crippen LogP contribution in [0.3, 0.4) is 0 Å². The average molecular weight is 338 g/mol. The number of carbonyl (C=O) groups excluding carboxylic acids is 1. The van der Waals surface area contributed by atoms with Crippen LogP contribution in [-0.4, -0.2) is 33.6 Å². The molecule has 1 heterocycles. The predicted octanol–water partition coefficient (Wildman–Crippen LogP) is 2.18. The van der Waals surface area contributed by atoms with E-state index in [-0.39, 0.29) is 24.2 Å². The van der Waals surface area contributed by atoms with Gasteiger partial charge in [-0.15, -0.1) is 0 Å². The molecule has 2 N–H and O–H groups in total. The molecule has 0 fully saturated rings. The maximum atomic E-state index is 12.6. The van der Waals surface area contributed by atoms with E-state index in [4.69, 9.17) is 5.26 Å². The summed E-state index contributed by atoms with van der Waals surface area (Å²) in [6.45, 7) is 5.53. The first-order valence-corrected chi connectivity index (χ1v) is 8.17. The van der Waals surface area contributed by atoms with Crippen LogP contribution >= 0.6 is 0 Å². The Hall–Kier alpha value is -2.78. The standard InChI is InChI=1S/C19H22N4O2/c1-4-15(12-24)23-18(25)19(2,3)14-7-5-13(6-8-14)17-11-21-10-16(9-20)22-17/h5-8,10-11,15,24H,4,12H2,1-3H3,(H,23,25). The van der Waals surface area contributed by atoms with E-state index in [1.807, 2.05) is 51.1 Å². The van der Waals surface area contributed by atoms with Crippen molar-refractivity contribution < 1.29 is 9.90 Å². The number of hydrogen-bond acceptors (Lipinski definition) is 5. The summed E-state index contributed by atoms with van der Waals surface area (Å²) in [6, 6.07) is 9.19. The molecule has 1 amide bonds. The Morgan fingerprint density at radius 1 is 1.32 bits per heavy atom. The number of nitriles is 1. The summed E-state index contributed by atoms with van der Waals surface area (Å²) in [5.74, 6) is -0.132. The summed E-state index contributed by atoms with van der Waals surface area (Å²) < 4.78 is 0. The van der Waals surface area contributed by atoms with Gasteiger partial charge in [-0.1, -0.05) is 31.2 Å². The van der Waals surface area contributed by atoms with Gasteiger partial charge in [0, 0.05) is 5.56 Å². The SMILES string of the molecule is CCC(CO)NC(=O)C(C)(C)c1ccc(-c2cncc(C#N)n2)cc1. The number of aliphatic hydroxyl groups excluding tert-OH is 1. The van der Waals surface area contributed by atoms with E-state index >= 15 is 0 Å². The number of hydrogen-bond donors (Lipinski definition) is 2. The molecule has 0 radical (unpaired) electrons. The first-order valence-electron chi connectivity index (χ1n) is 8.17. The minimum Gasteiger partial charge on any atom is -0.394 e. The Balaban J connectivity index is 2.23. The number of aliphatic hydroxyl groups is 1. The second-order valence-corrected chi connectivity index (χ2v) is 6.36. The molecular formula is C19H22N4O2. The summed E-state index contributed by atoms with van der Waals surface area (Å²) in [5.41, 5.74) is 1.81. The van der Waals surface area contributed by atoms with Gasteiger partial charge < -0.3 is 10.4 Å². The van der Waals surface area contributed by atoms with Crippen molar-refractivity contribution in [3.05, 3.63) is 47.9 Å². The van der Waals surface area contributed by atoms with Crippen LogP contribution in [0.4, 0.5) is 0 Å². The Kier molecular flexibility index (Phi) is 5.84. The van der Waals surface area contributed by atoms with E-state index in [0.717, 1.165) is 11.1 Å². The normalized spacial score (nSPS) is 12.3. The van der Waals surface area contributed by atoms with E-state index in [0.29, 0.717) is 12.1 Å². The highest BCUT2D eigenvalue weighted by molar-refractivity contribution is 5.87. The molecule has 1 unspecified atom stereocenters. The second-order valence-electron chi connectivity index (χ2n) is 6.36. The average Bonchev–Trinajstić information content (AvgIpc) is 2.65. The van der Waals surface area contributed by atoms with E-state index < -0.39 is 5.41 Å². The van der Waals surface area contributed by atoms with Crippen molar-refractivity contribution in [2.75, 3.05) is 6.61 Å². The van der Waals surface area contributed by atoms with Gasteiger partial charge >= 0.3 is 0 Å². The largest absolute Gasteiger partial charge is 0.394 e. The maximum Gasteiger partial charge on any atom is 0.230 e. The van der Waals surface area contributed by atoms with Crippen molar-refractivity contribution in [3.63, 3.8) is 0 Å². The maximum absolute atomic E-state index is 12.6. The predicted molar refractivity (Wildman–Crippen MR) is 94.5 cm³/mol. The lowest BCUT2D eigenvalue weighted by Gasteiger charge is -2.27. The molecule has 6 nitrogen and oxygen atoms in total. The van der Waals surface area contributed by atoms with Crippen LogP contribution in [0.1, 0.15) is 38.4 Å². The highest BCUT2D eigenvalue weighted by Gasteiger charge is 2.30. The summed E-state index contributed by atoms with van der Waals surface area (Å²) in [5, 5.41) is 21.1. The number of amides is 1. The van der Waals surface area contributed by atoms with Gasteiger partial charge in [0.05, 0.1) is 36.2 Å². The number of nitrogens with one attached hydrogen (secondary N) is 1. The molecule has 0 aliphatic rings. The third-order valence-electron chi connectivity index (χ3n) is 4.27. The van der Waals surface area contributed by atoms with Gasteiger partial charge in [0.2, 0.25) is 5.91 Å². The Morgan fingerprint density at radius 2 is 2.00 bits per heavy atom. The quantitative estimate of drug-likeness (QED) is 0.841. The molecule has 2 aromatic rings. The fraction of sp³-hybridized carbons (Fsp3) is 0.368. The number of benzene rings is 1. The number of aromatic nitrogens is 2. The topological polar surface area (TPSA) is 98.9 Å². The fourth-order valence-corrected chi connectivity index (χ4v) is 2.39. The number of carbonyl (C=O) groups is 1. The molecule has 1 aromatic carbocycles. The van der Waals surface area contributed by atoms with Crippen molar-refractivity contribution in [1.82, 2.24) is 15.3 Å². The van der Waals surface area contributed by atoms with Crippen molar-refractivity contribution >= 4 is 5.91 Å². The lowest BCUT2D eigenvalue weighted by molar-refractivity contribution is -0.126. The first-order chi connectivity index (χ1) is 11.9. The van der Waals surface area contributed by atoms with E-state index in [1.54, 1.807) is 6.20 Å². The van der Waals surface area contributed by atoms with Crippen LogP contribution in [0, 0.1) is 11.3 Å². The minimum absolute atomic E-state index is 0.0782. The van der Waals surface area contributed by atoms with Gasteiger partial charge in [-0.3, -0.25) is 9.78 Å². The molecule has 0 aliphatic heterocycles. The van der Waals surface area contributed by atoms with Gasteiger partial charge in [-0.25, -0.2) is 4.98 Å². The molecule has 0 bridgehead atoms. The molecule has 0 saturated heterocycles. The molecule has 2 rings (SSSR count). The van der Waals surface area contributed by atoms with E-state index in [9.17, 15) is 9.90 Å². The van der Waals surface area contributed by atoms with E-state index in [1.165, 1.54) is 6.20 Å². The lowest BCUT2D eigenvalue weighted by Crippen LogP contribution is -2.46. The second kappa shape index (κ2) is 7.86. The molecule has 0 saturated carbocycles. The Morgan fingerprint density at radius 3 is 2.56 bits per heavy atom. The monoisotopic (exact) mass is 338 g/mol. The number of rotatable bonds is 6. The third kappa shape index (κ3) is 4.20. The van der Waals surface area contributed by atoms with Gasteiger partial charge in [-0.05, 0) is 25.8 Å². The van der Waals surface area contributed by atoms with Gasteiger partial charge in [0.15, 0.2) is 5.69 Å². The van der Waals surface area contributed by atoms with Crippen LogP contribution in [0.2, 0.25) is 0 Å². The van der Waals surface area contributed by atoms with Gasteiger partial charge in [0.1, 0.15) is 6.07 Å².